The minimum Gasteiger partial charge on any atom is -0.507 e. The van der Waals surface area contributed by atoms with Crippen LogP contribution in [0.25, 0.3) is 0 Å². The van der Waals surface area contributed by atoms with E-state index in [4.69, 9.17) is 9.84 Å². The largest absolute Gasteiger partial charge is 0.507 e. The normalized spacial score (nSPS) is 16.2. The van der Waals surface area contributed by atoms with Crippen molar-refractivity contribution in [3.05, 3.63) is 23.8 Å². The molecule has 8 heteroatoms. The molecule has 0 saturated carbocycles. The van der Waals surface area contributed by atoms with E-state index in [2.05, 4.69) is 4.72 Å². The summed E-state index contributed by atoms with van der Waals surface area (Å²) in [4.78, 5) is 10.6. The molecule has 98 valence electrons. The Bertz CT molecular complexity index is 578. The Kier molecular flexibility index (Phi) is 3.24. The van der Waals surface area contributed by atoms with E-state index in [0.717, 1.165) is 18.2 Å². The van der Waals surface area contributed by atoms with Gasteiger partial charge in [0.25, 0.3) is 0 Å². The van der Waals surface area contributed by atoms with Crippen molar-refractivity contribution in [1.29, 1.82) is 0 Å². The lowest BCUT2D eigenvalue weighted by molar-refractivity contribution is 0.00482. The van der Waals surface area contributed by atoms with Crippen molar-refractivity contribution in [1.82, 2.24) is 4.72 Å². The zero-order chi connectivity index (χ0) is 13.3. The number of carboxylic acid groups (broad SMARTS) is 1. The average Bonchev–Trinajstić information content (AvgIpc) is 2.23. The molecular weight excluding hydrogens is 262 g/mol. The van der Waals surface area contributed by atoms with Gasteiger partial charge in [0.05, 0.1) is 24.2 Å². The zero-order valence-corrected chi connectivity index (χ0v) is 9.98. The van der Waals surface area contributed by atoms with E-state index in [1.54, 1.807) is 0 Å². The summed E-state index contributed by atoms with van der Waals surface area (Å²) < 4.78 is 31.0. The maximum absolute atomic E-state index is 11.9. The maximum Gasteiger partial charge on any atom is 0.339 e. The predicted molar refractivity (Wildman–Crippen MR) is 60.0 cm³/mol. The summed E-state index contributed by atoms with van der Waals surface area (Å²) in [7, 11) is -3.80. The molecule has 18 heavy (non-hydrogen) atoms. The smallest absolute Gasteiger partial charge is 0.339 e. The number of ether oxygens (including phenoxy) is 1. The lowest BCUT2D eigenvalue weighted by atomic mass is 10.2. The molecule has 1 saturated heterocycles. The highest BCUT2D eigenvalue weighted by atomic mass is 32.2. The lowest BCUT2D eigenvalue weighted by Gasteiger charge is -2.26. The van der Waals surface area contributed by atoms with Crippen LogP contribution in [0.4, 0.5) is 0 Å². The summed E-state index contributed by atoms with van der Waals surface area (Å²) >= 11 is 0. The van der Waals surface area contributed by atoms with Crippen molar-refractivity contribution >= 4 is 16.0 Å². The molecular formula is C10H11NO6S. The first-order valence-corrected chi connectivity index (χ1v) is 6.55. The number of sulfonamides is 1. The van der Waals surface area contributed by atoms with E-state index in [9.17, 15) is 18.3 Å². The molecule has 1 aliphatic heterocycles. The van der Waals surface area contributed by atoms with Gasteiger partial charge >= 0.3 is 5.97 Å². The molecule has 2 rings (SSSR count). The second-order valence-corrected chi connectivity index (χ2v) is 5.55. The third-order valence-electron chi connectivity index (χ3n) is 2.47. The van der Waals surface area contributed by atoms with Gasteiger partial charge < -0.3 is 14.9 Å². The molecule has 0 radical (unpaired) electrons. The van der Waals surface area contributed by atoms with Gasteiger partial charge in [0.2, 0.25) is 10.0 Å². The number of hydrogen-bond acceptors (Lipinski definition) is 5. The van der Waals surface area contributed by atoms with Gasteiger partial charge in [-0.25, -0.2) is 17.9 Å². The summed E-state index contributed by atoms with van der Waals surface area (Å²) in [6.45, 7) is 0.589. The van der Waals surface area contributed by atoms with Gasteiger partial charge in [0.15, 0.2) is 0 Å². The first-order valence-electron chi connectivity index (χ1n) is 5.06. The average molecular weight is 273 g/mol. The topological polar surface area (TPSA) is 113 Å². The molecule has 3 N–H and O–H groups in total. The van der Waals surface area contributed by atoms with Crippen LogP contribution in [-0.2, 0) is 14.8 Å². The number of carboxylic acids is 1. The Balaban J connectivity index is 2.32. The van der Waals surface area contributed by atoms with Crippen LogP contribution in [0.5, 0.6) is 5.75 Å². The Labute approximate surface area is 103 Å². The van der Waals surface area contributed by atoms with Crippen LogP contribution >= 0.6 is 0 Å². The Morgan fingerprint density at radius 2 is 2.06 bits per heavy atom. The standard InChI is InChI=1S/C10H11NO6S/c12-9-2-1-7(3-8(9)10(13)14)18(15,16)11-6-4-17-5-6/h1-3,6,11-12H,4-5H2,(H,13,14). The second kappa shape index (κ2) is 4.56. The quantitative estimate of drug-likeness (QED) is 0.698. The molecule has 0 aliphatic carbocycles. The molecule has 1 aromatic rings. The highest BCUT2D eigenvalue weighted by Gasteiger charge is 2.26. The molecule has 0 spiro atoms. The number of nitrogens with one attached hydrogen (secondary N) is 1. The van der Waals surface area contributed by atoms with Crippen LogP contribution in [0.2, 0.25) is 0 Å². The molecule has 1 heterocycles. The second-order valence-electron chi connectivity index (χ2n) is 3.84. The van der Waals surface area contributed by atoms with Crippen molar-refractivity contribution in [2.75, 3.05) is 13.2 Å². The maximum atomic E-state index is 11.9. The van der Waals surface area contributed by atoms with Crippen LogP contribution in [0.3, 0.4) is 0 Å². The summed E-state index contributed by atoms with van der Waals surface area (Å²) in [5, 5.41) is 18.1. The fraction of sp³-hybridized carbons (Fsp3) is 0.300. The summed E-state index contributed by atoms with van der Waals surface area (Å²) in [5.74, 6) is -1.87. The molecule has 1 aromatic carbocycles. The molecule has 1 fully saturated rings. The first kappa shape index (κ1) is 12.8. The summed E-state index contributed by atoms with van der Waals surface area (Å²) in [5.41, 5.74) is -0.456. The Morgan fingerprint density at radius 1 is 1.39 bits per heavy atom. The van der Waals surface area contributed by atoms with E-state index in [1.165, 1.54) is 0 Å². The van der Waals surface area contributed by atoms with Crippen LogP contribution in [0.15, 0.2) is 23.1 Å². The van der Waals surface area contributed by atoms with Gasteiger partial charge in [-0.3, -0.25) is 0 Å². The van der Waals surface area contributed by atoms with Crippen LogP contribution < -0.4 is 4.72 Å². The van der Waals surface area contributed by atoms with Crippen LogP contribution in [-0.4, -0.2) is 43.9 Å². The van der Waals surface area contributed by atoms with Gasteiger partial charge in [-0.2, -0.15) is 0 Å². The van der Waals surface area contributed by atoms with Gasteiger partial charge in [0.1, 0.15) is 11.3 Å². The van der Waals surface area contributed by atoms with Crippen molar-refractivity contribution in [2.24, 2.45) is 0 Å². The molecule has 0 bridgehead atoms. The minimum absolute atomic E-state index is 0.204. The van der Waals surface area contributed by atoms with E-state index < -0.39 is 27.3 Å². The molecule has 0 atom stereocenters. The number of rotatable bonds is 4. The van der Waals surface area contributed by atoms with Crippen molar-refractivity contribution in [3.8, 4) is 5.75 Å². The minimum atomic E-state index is -3.80. The summed E-state index contributed by atoms with van der Waals surface area (Å²) in [6, 6.07) is 2.80. The van der Waals surface area contributed by atoms with E-state index in [0.29, 0.717) is 13.2 Å². The predicted octanol–water partition coefficient (Wildman–Crippen LogP) is -0.233. The van der Waals surface area contributed by atoms with Crippen molar-refractivity contribution in [2.45, 2.75) is 10.9 Å². The monoisotopic (exact) mass is 273 g/mol. The van der Waals surface area contributed by atoms with E-state index in [1.807, 2.05) is 0 Å². The SMILES string of the molecule is O=C(O)c1cc(S(=O)(=O)NC2COC2)ccc1O. The molecule has 0 aromatic heterocycles. The fourth-order valence-corrected chi connectivity index (χ4v) is 2.68. The number of hydrogen-bond donors (Lipinski definition) is 3. The summed E-state index contributed by atoms with van der Waals surface area (Å²) in [6.07, 6.45) is 0. The van der Waals surface area contributed by atoms with Gasteiger partial charge in [-0.1, -0.05) is 0 Å². The first-order chi connectivity index (χ1) is 8.40. The van der Waals surface area contributed by atoms with Crippen molar-refractivity contribution < 1.29 is 28.2 Å². The highest BCUT2D eigenvalue weighted by Crippen LogP contribution is 2.21. The van der Waals surface area contributed by atoms with Crippen LogP contribution in [0, 0.1) is 0 Å². The molecule has 0 unspecified atom stereocenters. The third kappa shape index (κ3) is 2.45. The zero-order valence-electron chi connectivity index (χ0n) is 9.16. The number of phenols is 1. The Morgan fingerprint density at radius 3 is 2.56 bits per heavy atom. The van der Waals surface area contributed by atoms with Gasteiger partial charge in [-0.15, -0.1) is 0 Å². The van der Waals surface area contributed by atoms with Gasteiger partial charge in [0, 0.05) is 0 Å². The van der Waals surface area contributed by atoms with Crippen LogP contribution in [0.1, 0.15) is 10.4 Å². The molecule has 0 amide bonds. The number of carbonyl (C=O) groups is 1. The molecule has 1 aliphatic rings. The third-order valence-corrected chi connectivity index (χ3v) is 3.99. The highest BCUT2D eigenvalue weighted by molar-refractivity contribution is 7.89. The Hall–Kier alpha value is -1.64. The van der Waals surface area contributed by atoms with E-state index >= 15 is 0 Å². The number of aromatic carboxylic acids is 1. The fourth-order valence-electron chi connectivity index (χ4n) is 1.44. The number of aromatic hydroxyl groups is 1. The van der Waals surface area contributed by atoms with Crippen molar-refractivity contribution in [3.63, 3.8) is 0 Å². The van der Waals surface area contributed by atoms with E-state index in [-0.39, 0.29) is 10.9 Å². The van der Waals surface area contributed by atoms with Gasteiger partial charge in [-0.05, 0) is 18.2 Å². The molecule has 7 nitrogen and oxygen atoms in total. The lowest BCUT2D eigenvalue weighted by Crippen LogP contribution is -2.48. The number of benzene rings is 1.